The van der Waals surface area contributed by atoms with Crippen LogP contribution in [0.5, 0.6) is 0 Å². The minimum atomic E-state index is -4.30. The molecule has 0 heterocycles. The molecule has 1 nitrogen and oxygen atoms in total. The van der Waals surface area contributed by atoms with Crippen LogP contribution in [0.2, 0.25) is 0 Å². The summed E-state index contributed by atoms with van der Waals surface area (Å²) < 4.78 is 38.1. The summed E-state index contributed by atoms with van der Waals surface area (Å²) in [5.41, 5.74) is -0.572. The van der Waals surface area contributed by atoms with Gasteiger partial charge in [0.05, 0.1) is 5.56 Å². The van der Waals surface area contributed by atoms with Gasteiger partial charge in [-0.05, 0) is 36.3 Å². The van der Waals surface area contributed by atoms with Gasteiger partial charge < -0.3 is 5.11 Å². The summed E-state index contributed by atoms with van der Waals surface area (Å²) in [6.07, 6.45) is -2.35. The Bertz CT molecular complexity index is 380. The van der Waals surface area contributed by atoms with E-state index in [1.807, 2.05) is 0 Å². The Kier molecular flexibility index (Phi) is 2.70. The molecule has 1 fully saturated rings. The predicted octanol–water partition coefficient (Wildman–Crippen LogP) is 3.02. The zero-order valence-electron chi connectivity index (χ0n) is 8.72. The fourth-order valence-electron chi connectivity index (χ4n) is 1.92. The molecule has 88 valence electrons. The molecule has 1 aliphatic rings. The Balaban J connectivity index is 2.27. The van der Waals surface area contributed by atoms with Gasteiger partial charge >= 0.3 is 6.18 Å². The lowest BCUT2D eigenvalue weighted by Gasteiger charge is -2.16. The van der Waals surface area contributed by atoms with Gasteiger partial charge in [-0.2, -0.15) is 13.2 Å². The molecular formula is C12H13F3O. The molecule has 4 heteroatoms. The number of aliphatic hydroxyl groups is 1. The Morgan fingerprint density at radius 3 is 2.31 bits per heavy atom. The van der Waals surface area contributed by atoms with Gasteiger partial charge in [-0.15, -0.1) is 0 Å². The van der Waals surface area contributed by atoms with E-state index in [1.54, 1.807) is 6.07 Å². The van der Waals surface area contributed by atoms with Gasteiger partial charge in [0.1, 0.15) is 0 Å². The molecule has 1 aliphatic carbocycles. The van der Waals surface area contributed by atoms with Crippen LogP contribution in [0.4, 0.5) is 13.2 Å². The van der Waals surface area contributed by atoms with Crippen LogP contribution >= 0.6 is 0 Å². The topological polar surface area (TPSA) is 20.2 Å². The maximum Gasteiger partial charge on any atom is 0.416 e. The van der Waals surface area contributed by atoms with Gasteiger partial charge in [-0.1, -0.05) is 18.2 Å². The highest BCUT2D eigenvalue weighted by molar-refractivity contribution is 5.31. The first-order valence-corrected chi connectivity index (χ1v) is 5.23. The Labute approximate surface area is 91.9 Å². The van der Waals surface area contributed by atoms with Gasteiger partial charge in [0, 0.05) is 6.61 Å². The summed E-state index contributed by atoms with van der Waals surface area (Å²) in [7, 11) is 0. The Morgan fingerprint density at radius 2 is 1.81 bits per heavy atom. The number of aliphatic hydroxyl groups excluding tert-OH is 1. The van der Waals surface area contributed by atoms with Crippen molar-refractivity contribution in [1.82, 2.24) is 0 Å². The number of hydrogen-bond donors (Lipinski definition) is 1. The van der Waals surface area contributed by atoms with Crippen LogP contribution in [0.1, 0.15) is 24.0 Å². The van der Waals surface area contributed by atoms with Gasteiger partial charge in [0.15, 0.2) is 0 Å². The molecule has 1 aromatic rings. The van der Waals surface area contributed by atoms with Crippen molar-refractivity contribution >= 4 is 0 Å². The minimum absolute atomic E-state index is 0.0286. The third-order valence-corrected chi connectivity index (χ3v) is 3.18. The SMILES string of the molecule is OCC1(Cc2ccccc2C(F)(F)F)CC1. The van der Waals surface area contributed by atoms with E-state index in [2.05, 4.69) is 0 Å². The van der Waals surface area contributed by atoms with E-state index in [0.717, 1.165) is 18.9 Å². The average molecular weight is 230 g/mol. The molecule has 0 amide bonds. The third-order valence-electron chi connectivity index (χ3n) is 3.18. The van der Waals surface area contributed by atoms with Crippen molar-refractivity contribution in [3.63, 3.8) is 0 Å². The molecule has 1 N–H and O–H groups in total. The molecule has 0 aromatic heterocycles. The average Bonchev–Trinajstić information content (AvgIpc) is 2.98. The highest BCUT2D eigenvalue weighted by atomic mass is 19.4. The second kappa shape index (κ2) is 3.77. The smallest absolute Gasteiger partial charge is 0.396 e. The maximum absolute atomic E-state index is 12.7. The van der Waals surface area contributed by atoms with Crippen LogP contribution in [0, 0.1) is 5.41 Å². The number of rotatable bonds is 3. The van der Waals surface area contributed by atoms with E-state index in [4.69, 9.17) is 5.11 Å². The van der Waals surface area contributed by atoms with E-state index < -0.39 is 11.7 Å². The summed E-state index contributed by atoms with van der Waals surface area (Å²) >= 11 is 0. The summed E-state index contributed by atoms with van der Waals surface area (Å²) in [6.45, 7) is -0.0286. The molecule has 16 heavy (non-hydrogen) atoms. The third kappa shape index (κ3) is 2.21. The summed E-state index contributed by atoms with van der Waals surface area (Å²) in [6, 6.07) is 5.60. The molecule has 1 saturated carbocycles. The van der Waals surface area contributed by atoms with Crippen LogP contribution in [0.3, 0.4) is 0 Å². The summed E-state index contributed by atoms with van der Waals surface area (Å²) in [5.74, 6) is 0. The van der Waals surface area contributed by atoms with E-state index in [0.29, 0.717) is 12.0 Å². The number of halogens is 3. The first-order chi connectivity index (χ1) is 7.47. The molecule has 0 spiro atoms. The fourth-order valence-corrected chi connectivity index (χ4v) is 1.92. The standard InChI is InChI=1S/C12H13F3O/c13-12(14,15)10-4-2-1-3-9(10)7-11(8-16)5-6-11/h1-4,16H,5-8H2. The van der Waals surface area contributed by atoms with E-state index in [9.17, 15) is 13.2 Å². The Morgan fingerprint density at radius 1 is 1.19 bits per heavy atom. The molecule has 1 aromatic carbocycles. The Hall–Kier alpha value is -1.03. The quantitative estimate of drug-likeness (QED) is 0.846. The maximum atomic E-state index is 12.7. The second-order valence-electron chi connectivity index (χ2n) is 4.49. The van der Waals surface area contributed by atoms with Gasteiger partial charge in [-0.25, -0.2) is 0 Å². The van der Waals surface area contributed by atoms with Crippen LogP contribution < -0.4 is 0 Å². The molecular weight excluding hydrogens is 217 g/mol. The number of alkyl halides is 3. The van der Waals surface area contributed by atoms with Crippen LogP contribution in [-0.4, -0.2) is 11.7 Å². The van der Waals surface area contributed by atoms with Crippen LogP contribution in [0.25, 0.3) is 0 Å². The van der Waals surface area contributed by atoms with Crippen molar-refractivity contribution in [2.75, 3.05) is 6.61 Å². The van der Waals surface area contributed by atoms with Gasteiger partial charge in [0.25, 0.3) is 0 Å². The minimum Gasteiger partial charge on any atom is -0.396 e. The molecule has 0 atom stereocenters. The lowest BCUT2D eigenvalue weighted by molar-refractivity contribution is -0.138. The molecule has 0 bridgehead atoms. The first kappa shape index (κ1) is 11.5. The lowest BCUT2D eigenvalue weighted by atomic mass is 9.93. The highest BCUT2D eigenvalue weighted by Crippen LogP contribution is 2.49. The van der Waals surface area contributed by atoms with Crippen molar-refractivity contribution in [3.8, 4) is 0 Å². The van der Waals surface area contributed by atoms with Crippen molar-refractivity contribution in [2.24, 2.45) is 5.41 Å². The van der Waals surface area contributed by atoms with Crippen LogP contribution in [-0.2, 0) is 12.6 Å². The molecule has 2 rings (SSSR count). The van der Waals surface area contributed by atoms with Crippen molar-refractivity contribution < 1.29 is 18.3 Å². The molecule has 0 aliphatic heterocycles. The fraction of sp³-hybridized carbons (Fsp3) is 0.500. The zero-order valence-corrected chi connectivity index (χ0v) is 8.72. The summed E-state index contributed by atoms with van der Waals surface area (Å²) in [4.78, 5) is 0. The predicted molar refractivity (Wildman–Crippen MR) is 53.9 cm³/mol. The second-order valence-corrected chi connectivity index (χ2v) is 4.49. The van der Waals surface area contributed by atoms with Gasteiger partial charge in [-0.3, -0.25) is 0 Å². The highest BCUT2D eigenvalue weighted by Gasteiger charge is 2.44. The molecule has 0 unspecified atom stereocenters. The van der Waals surface area contributed by atoms with Crippen molar-refractivity contribution in [2.45, 2.75) is 25.4 Å². The van der Waals surface area contributed by atoms with Gasteiger partial charge in [0.2, 0.25) is 0 Å². The normalized spacial score (nSPS) is 18.5. The van der Waals surface area contributed by atoms with Crippen LogP contribution in [0.15, 0.2) is 24.3 Å². The number of benzene rings is 1. The zero-order chi connectivity index (χ0) is 11.8. The summed E-state index contributed by atoms with van der Waals surface area (Å²) in [5, 5.41) is 9.13. The van der Waals surface area contributed by atoms with E-state index in [1.165, 1.54) is 12.1 Å². The largest absolute Gasteiger partial charge is 0.416 e. The van der Waals surface area contributed by atoms with Crippen molar-refractivity contribution in [1.29, 1.82) is 0 Å². The molecule has 0 saturated heterocycles. The lowest BCUT2D eigenvalue weighted by Crippen LogP contribution is -2.15. The first-order valence-electron chi connectivity index (χ1n) is 5.23. The van der Waals surface area contributed by atoms with E-state index in [-0.39, 0.29) is 12.0 Å². The monoisotopic (exact) mass is 230 g/mol. The van der Waals surface area contributed by atoms with Crippen molar-refractivity contribution in [3.05, 3.63) is 35.4 Å². The number of hydrogen-bond acceptors (Lipinski definition) is 1. The van der Waals surface area contributed by atoms with E-state index >= 15 is 0 Å². The molecule has 0 radical (unpaired) electrons.